The molecular formula is C22H25FN4O. The van der Waals surface area contributed by atoms with E-state index in [9.17, 15) is 9.18 Å². The first-order valence-corrected chi connectivity index (χ1v) is 9.70. The second-order valence-electron chi connectivity index (χ2n) is 7.30. The van der Waals surface area contributed by atoms with Gasteiger partial charge in [-0.15, -0.1) is 0 Å². The fourth-order valence-electron chi connectivity index (χ4n) is 3.82. The molecule has 0 aliphatic carbocycles. The first-order valence-electron chi connectivity index (χ1n) is 9.70. The number of nitrogens with one attached hydrogen (secondary N) is 2. The minimum Gasteiger partial charge on any atom is -0.358 e. The van der Waals surface area contributed by atoms with Crippen molar-refractivity contribution < 1.29 is 9.18 Å². The second-order valence-corrected chi connectivity index (χ2v) is 7.30. The summed E-state index contributed by atoms with van der Waals surface area (Å²) < 4.78 is 13.0. The summed E-state index contributed by atoms with van der Waals surface area (Å²) in [6.45, 7) is 6.51. The number of piperazine rings is 1. The Balaban J connectivity index is 1.28. The maximum atomic E-state index is 13.0. The number of H-pyrrole nitrogens is 1. The number of hydrogen-bond acceptors (Lipinski definition) is 3. The Morgan fingerprint density at radius 1 is 1.07 bits per heavy atom. The standard InChI is InChI=1S/C22H25FN4O/c1-16-19(20-4-2-3-5-21(20)24-16)10-11-26-12-14-27(15-13-26)25-22(28)17-6-8-18(23)9-7-17/h2-9,24H,10-15H2,1H3,(H,25,28). The number of benzene rings is 2. The van der Waals surface area contributed by atoms with E-state index in [1.165, 1.54) is 46.4 Å². The maximum absolute atomic E-state index is 13.0. The van der Waals surface area contributed by atoms with Crippen molar-refractivity contribution in [3.63, 3.8) is 0 Å². The van der Waals surface area contributed by atoms with Crippen LogP contribution in [0.3, 0.4) is 0 Å². The first kappa shape index (κ1) is 18.7. The molecule has 1 fully saturated rings. The van der Waals surface area contributed by atoms with E-state index in [2.05, 4.69) is 46.5 Å². The van der Waals surface area contributed by atoms with E-state index in [1.807, 2.05) is 5.01 Å². The number of rotatable bonds is 5. The molecule has 1 aliphatic rings. The van der Waals surface area contributed by atoms with Crippen LogP contribution < -0.4 is 5.43 Å². The number of hydrazine groups is 1. The van der Waals surface area contributed by atoms with Gasteiger partial charge in [0, 0.05) is 54.9 Å². The van der Waals surface area contributed by atoms with Crippen LogP contribution in [0.15, 0.2) is 48.5 Å². The Labute approximate surface area is 164 Å². The summed E-state index contributed by atoms with van der Waals surface area (Å²) in [5.41, 5.74) is 7.22. The van der Waals surface area contributed by atoms with Gasteiger partial charge in [0.05, 0.1) is 0 Å². The van der Waals surface area contributed by atoms with Crippen LogP contribution in [-0.4, -0.2) is 53.5 Å². The van der Waals surface area contributed by atoms with Crippen LogP contribution in [0.4, 0.5) is 4.39 Å². The van der Waals surface area contributed by atoms with Gasteiger partial charge >= 0.3 is 0 Å². The van der Waals surface area contributed by atoms with Crippen LogP contribution in [-0.2, 0) is 6.42 Å². The molecule has 28 heavy (non-hydrogen) atoms. The molecular weight excluding hydrogens is 355 g/mol. The summed E-state index contributed by atoms with van der Waals surface area (Å²) in [5.74, 6) is -0.529. The predicted molar refractivity (Wildman–Crippen MR) is 109 cm³/mol. The Morgan fingerprint density at radius 2 is 1.79 bits per heavy atom. The Kier molecular flexibility index (Phi) is 5.41. The molecule has 1 aromatic heterocycles. The van der Waals surface area contributed by atoms with Crippen molar-refractivity contribution in [2.45, 2.75) is 13.3 Å². The van der Waals surface area contributed by atoms with E-state index in [0.717, 1.165) is 39.1 Å². The fourth-order valence-corrected chi connectivity index (χ4v) is 3.82. The van der Waals surface area contributed by atoms with Crippen molar-refractivity contribution in [2.24, 2.45) is 0 Å². The van der Waals surface area contributed by atoms with E-state index < -0.39 is 0 Å². The van der Waals surface area contributed by atoms with Crippen molar-refractivity contribution in [1.29, 1.82) is 0 Å². The number of aromatic amines is 1. The molecule has 146 valence electrons. The molecule has 1 aliphatic heterocycles. The highest BCUT2D eigenvalue weighted by Gasteiger charge is 2.19. The molecule has 2 N–H and O–H groups in total. The number of fused-ring (bicyclic) bond motifs is 1. The number of aryl methyl sites for hydroxylation is 1. The highest BCUT2D eigenvalue weighted by Crippen LogP contribution is 2.22. The first-order chi connectivity index (χ1) is 13.6. The third-order valence-corrected chi connectivity index (χ3v) is 5.44. The third kappa shape index (κ3) is 4.08. The van der Waals surface area contributed by atoms with Crippen LogP contribution in [0, 0.1) is 12.7 Å². The smallest absolute Gasteiger partial charge is 0.265 e. The normalized spacial score (nSPS) is 15.8. The van der Waals surface area contributed by atoms with Crippen LogP contribution in [0.25, 0.3) is 10.9 Å². The van der Waals surface area contributed by atoms with Gasteiger partial charge < -0.3 is 9.88 Å². The zero-order chi connectivity index (χ0) is 19.5. The largest absolute Gasteiger partial charge is 0.358 e. The average molecular weight is 380 g/mol. The SMILES string of the molecule is Cc1[nH]c2ccccc2c1CCN1CCN(NC(=O)c2ccc(F)cc2)CC1. The minimum atomic E-state index is -0.337. The summed E-state index contributed by atoms with van der Waals surface area (Å²) >= 11 is 0. The lowest BCUT2D eigenvalue weighted by molar-refractivity contribution is 0.0622. The number of nitrogens with zero attached hydrogens (tertiary/aromatic N) is 2. The topological polar surface area (TPSA) is 51.4 Å². The van der Waals surface area contributed by atoms with Gasteiger partial charge in [-0.25, -0.2) is 9.40 Å². The van der Waals surface area contributed by atoms with Gasteiger partial charge in [-0.3, -0.25) is 10.2 Å². The lowest BCUT2D eigenvalue weighted by atomic mass is 10.1. The molecule has 0 saturated carbocycles. The van der Waals surface area contributed by atoms with Crippen molar-refractivity contribution >= 4 is 16.8 Å². The molecule has 4 rings (SSSR count). The molecule has 3 aromatic rings. The predicted octanol–water partition coefficient (Wildman–Crippen LogP) is 3.12. The number of halogens is 1. The third-order valence-electron chi connectivity index (χ3n) is 5.44. The van der Waals surface area contributed by atoms with E-state index in [-0.39, 0.29) is 11.7 Å². The zero-order valence-electron chi connectivity index (χ0n) is 16.0. The lowest BCUT2D eigenvalue weighted by Gasteiger charge is -2.34. The summed E-state index contributed by atoms with van der Waals surface area (Å²) in [6.07, 6.45) is 1.01. The second kappa shape index (κ2) is 8.12. The molecule has 1 amide bonds. The highest BCUT2D eigenvalue weighted by atomic mass is 19.1. The summed E-state index contributed by atoms with van der Waals surface area (Å²) in [7, 11) is 0. The average Bonchev–Trinajstić information content (AvgIpc) is 3.03. The molecule has 0 unspecified atom stereocenters. The van der Waals surface area contributed by atoms with E-state index in [4.69, 9.17) is 0 Å². The molecule has 2 aromatic carbocycles. The van der Waals surface area contributed by atoms with Gasteiger partial charge in [-0.1, -0.05) is 18.2 Å². The van der Waals surface area contributed by atoms with Crippen LogP contribution >= 0.6 is 0 Å². The quantitative estimate of drug-likeness (QED) is 0.715. The van der Waals surface area contributed by atoms with Crippen LogP contribution in [0.2, 0.25) is 0 Å². The van der Waals surface area contributed by atoms with Crippen LogP contribution in [0.1, 0.15) is 21.6 Å². The number of aromatic nitrogens is 1. The summed E-state index contributed by atoms with van der Waals surface area (Å²) in [5, 5.41) is 3.25. The van der Waals surface area contributed by atoms with Crippen molar-refractivity contribution in [1.82, 2.24) is 20.3 Å². The zero-order valence-corrected chi connectivity index (χ0v) is 16.0. The van der Waals surface area contributed by atoms with Crippen molar-refractivity contribution in [2.75, 3.05) is 32.7 Å². The number of para-hydroxylation sites is 1. The highest BCUT2D eigenvalue weighted by molar-refractivity contribution is 5.93. The monoisotopic (exact) mass is 380 g/mol. The number of hydrogen-bond donors (Lipinski definition) is 2. The number of carbonyl (C=O) groups is 1. The molecule has 0 atom stereocenters. The van der Waals surface area contributed by atoms with Crippen LogP contribution in [0.5, 0.6) is 0 Å². The summed E-state index contributed by atoms with van der Waals surface area (Å²) in [6, 6.07) is 14.1. The van der Waals surface area contributed by atoms with Gasteiger partial charge in [-0.05, 0) is 49.2 Å². The molecule has 2 heterocycles. The molecule has 0 radical (unpaired) electrons. The fraction of sp³-hybridized carbons (Fsp3) is 0.318. The summed E-state index contributed by atoms with van der Waals surface area (Å²) in [4.78, 5) is 18.2. The molecule has 0 bridgehead atoms. The number of carbonyl (C=O) groups excluding carboxylic acids is 1. The van der Waals surface area contributed by atoms with Gasteiger partial charge in [0.15, 0.2) is 0 Å². The van der Waals surface area contributed by atoms with Gasteiger partial charge in [0.25, 0.3) is 5.91 Å². The minimum absolute atomic E-state index is 0.192. The molecule has 0 spiro atoms. The Morgan fingerprint density at radius 3 is 2.54 bits per heavy atom. The molecule has 5 nitrogen and oxygen atoms in total. The Bertz CT molecular complexity index is 958. The van der Waals surface area contributed by atoms with Crippen molar-refractivity contribution in [3.8, 4) is 0 Å². The van der Waals surface area contributed by atoms with Gasteiger partial charge in [-0.2, -0.15) is 0 Å². The van der Waals surface area contributed by atoms with E-state index in [0.29, 0.717) is 5.56 Å². The number of amides is 1. The van der Waals surface area contributed by atoms with Gasteiger partial charge in [0.1, 0.15) is 5.82 Å². The Hall–Kier alpha value is -2.70. The molecule has 1 saturated heterocycles. The van der Waals surface area contributed by atoms with E-state index in [1.54, 1.807) is 0 Å². The lowest BCUT2D eigenvalue weighted by Crippen LogP contribution is -2.53. The van der Waals surface area contributed by atoms with Gasteiger partial charge in [0.2, 0.25) is 0 Å². The molecule has 6 heteroatoms. The van der Waals surface area contributed by atoms with Crippen molar-refractivity contribution in [3.05, 3.63) is 71.2 Å². The maximum Gasteiger partial charge on any atom is 0.265 e. The van der Waals surface area contributed by atoms with E-state index >= 15 is 0 Å².